The number of allylic oxidation sites excluding steroid dienone is 1. The molecule has 58 valence electrons. The van der Waals surface area contributed by atoms with Crippen molar-refractivity contribution in [1.82, 2.24) is 0 Å². The molecular formula is C7H12O3. The molecule has 3 heteroatoms. The Morgan fingerprint density at radius 1 is 1.60 bits per heavy atom. The molecule has 1 rings (SSSR count). The van der Waals surface area contributed by atoms with Crippen molar-refractivity contribution in [1.29, 1.82) is 0 Å². The zero-order valence-corrected chi connectivity index (χ0v) is 5.64. The average Bonchev–Trinajstić information content (AvgIpc) is 2.34. The predicted molar refractivity (Wildman–Crippen MR) is 36.3 cm³/mol. The first-order chi connectivity index (χ1) is 4.75. The molecule has 0 aliphatic heterocycles. The lowest BCUT2D eigenvalue weighted by molar-refractivity contribution is 0.00742. The summed E-state index contributed by atoms with van der Waals surface area (Å²) in [4.78, 5) is 0. The minimum atomic E-state index is -0.787. The summed E-state index contributed by atoms with van der Waals surface area (Å²) in [5.41, 5.74) is 0. The molecule has 0 bridgehead atoms. The van der Waals surface area contributed by atoms with Gasteiger partial charge in [0.15, 0.2) is 0 Å². The lowest BCUT2D eigenvalue weighted by Gasteiger charge is -2.18. The van der Waals surface area contributed by atoms with Gasteiger partial charge in [-0.25, -0.2) is 0 Å². The summed E-state index contributed by atoms with van der Waals surface area (Å²) in [6.07, 6.45) is 2.74. The van der Waals surface area contributed by atoms with Crippen LogP contribution in [-0.4, -0.2) is 34.1 Å². The summed E-state index contributed by atoms with van der Waals surface area (Å²) < 4.78 is 0. The highest BCUT2D eigenvalue weighted by atomic mass is 16.3. The minimum absolute atomic E-state index is 0.204. The van der Waals surface area contributed by atoms with Crippen molar-refractivity contribution in [2.24, 2.45) is 5.92 Å². The number of hydrogen-bond donors (Lipinski definition) is 3. The zero-order chi connectivity index (χ0) is 7.56. The maximum atomic E-state index is 9.13. The van der Waals surface area contributed by atoms with Crippen LogP contribution >= 0.6 is 0 Å². The second-order valence-corrected chi connectivity index (χ2v) is 2.57. The Kier molecular flexibility index (Phi) is 2.43. The van der Waals surface area contributed by atoms with E-state index in [2.05, 4.69) is 0 Å². The monoisotopic (exact) mass is 144 g/mol. The first-order valence-corrected chi connectivity index (χ1v) is 3.39. The van der Waals surface area contributed by atoms with Gasteiger partial charge in [0.25, 0.3) is 0 Å². The number of aliphatic hydroxyl groups is 3. The van der Waals surface area contributed by atoms with Gasteiger partial charge in [-0.2, -0.15) is 0 Å². The standard InChI is InChI=1S/C7H12O3/c8-4-7(10)5-2-1-3-6(5)9/h1,3,5-10H,2,4H2/t5-,6+,7?/m0/s1. The molecular weight excluding hydrogens is 132 g/mol. The second kappa shape index (κ2) is 3.14. The van der Waals surface area contributed by atoms with E-state index in [1.165, 1.54) is 0 Å². The molecule has 0 saturated heterocycles. The zero-order valence-electron chi connectivity index (χ0n) is 5.64. The Hall–Kier alpha value is -0.380. The van der Waals surface area contributed by atoms with Crippen LogP contribution in [0.4, 0.5) is 0 Å². The average molecular weight is 144 g/mol. The van der Waals surface area contributed by atoms with Crippen LogP contribution in [0, 0.1) is 5.92 Å². The molecule has 0 spiro atoms. The van der Waals surface area contributed by atoms with Crippen molar-refractivity contribution in [3.05, 3.63) is 12.2 Å². The molecule has 1 aliphatic carbocycles. The van der Waals surface area contributed by atoms with Crippen LogP contribution in [0.5, 0.6) is 0 Å². The summed E-state index contributed by atoms with van der Waals surface area (Å²) >= 11 is 0. The summed E-state index contributed by atoms with van der Waals surface area (Å²) in [7, 11) is 0. The van der Waals surface area contributed by atoms with Crippen molar-refractivity contribution < 1.29 is 15.3 Å². The van der Waals surface area contributed by atoms with Gasteiger partial charge in [0, 0.05) is 5.92 Å². The van der Waals surface area contributed by atoms with Gasteiger partial charge in [-0.1, -0.05) is 12.2 Å². The molecule has 3 nitrogen and oxygen atoms in total. The summed E-state index contributed by atoms with van der Waals surface area (Å²) in [6, 6.07) is 0. The number of aliphatic hydroxyl groups excluding tert-OH is 3. The third-order valence-electron chi connectivity index (χ3n) is 1.86. The van der Waals surface area contributed by atoms with Crippen LogP contribution in [0.3, 0.4) is 0 Å². The van der Waals surface area contributed by atoms with Crippen molar-refractivity contribution in [2.45, 2.75) is 18.6 Å². The molecule has 0 aromatic carbocycles. The molecule has 0 saturated carbocycles. The molecule has 0 aromatic heterocycles. The normalized spacial score (nSPS) is 34.7. The van der Waals surface area contributed by atoms with E-state index in [4.69, 9.17) is 15.3 Å². The molecule has 3 N–H and O–H groups in total. The number of hydrogen-bond acceptors (Lipinski definition) is 3. The highest BCUT2D eigenvalue weighted by Crippen LogP contribution is 2.21. The van der Waals surface area contributed by atoms with Gasteiger partial charge in [-0.3, -0.25) is 0 Å². The largest absolute Gasteiger partial charge is 0.394 e. The van der Waals surface area contributed by atoms with Gasteiger partial charge in [0.1, 0.15) is 0 Å². The van der Waals surface area contributed by atoms with Gasteiger partial charge in [0.2, 0.25) is 0 Å². The lowest BCUT2D eigenvalue weighted by Crippen LogP contribution is -2.30. The molecule has 0 heterocycles. The molecule has 3 atom stereocenters. The maximum Gasteiger partial charge on any atom is 0.0829 e. The van der Waals surface area contributed by atoms with Crippen LogP contribution in [-0.2, 0) is 0 Å². The highest BCUT2D eigenvalue weighted by molar-refractivity contribution is 5.03. The van der Waals surface area contributed by atoms with Crippen LogP contribution in [0.25, 0.3) is 0 Å². The molecule has 10 heavy (non-hydrogen) atoms. The molecule has 1 unspecified atom stereocenters. The van der Waals surface area contributed by atoms with Gasteiger partial charge in [0.05, 0.1) is 18.8 Å². The Balaban J connectivity index is 2.42. The van der Waals surface area contributed by atoms with Gasteiger partial charge in [-0.05, 0) is 6.42 Å². The molecule has 0 radical (unpaired) electrons. The lowest BCUT2D eigenvalue weighted by atomic mass is 9.98. The van der Waals surface area contributed by atoms with E-state index in [9.17, 15) is 0 Å². The Labute approximate surface area is 59.6 Å². The first kappa shape index (κ1) is 7.72. The molecule has 0 amide bonds. The maximum absolute atomic E-state index is 9.13. The third kappa shape index (κ3) is 1.37. The molecule has 0 aromatic rings. The van der Waals surface area contributed by atoms with Crippen molar-refractivity contribution in [3.63, 3.8) is 0 Å². The van der Waals surface area contributed by atoms with Crippen LogP contribution < -0.4 is 0 Å². The Morgan fingerprint density at radius 2 is 2.30 bits per heavy atom. The van der Waals surface area contributed by atoms with Crippen molar-refractivity contribution >= 4 is 0 Å². The van der Waals surface area contributed by atoms with Gasteiger partial charge >= 0.3 is 0 Å². The third-order valence-corrected chi connectivity index (χ3v) is 1.86. The highest BCUT2D eigenvalue weighted by Gasteiger charge is 2.26. The fourth-order valence-electron chi connectivity index (χ4n) is 1.18. The summed E-state index contributed by atoms with van der Waals surface area (Å²) in [6.45, 7) is -0.274. The molecule has 1 aliphatic rings. The van der Waals surface area contributed by atoms with Crippen molar-refractivity contribution in [2.75, 3.05) is 6.61 Å². The first-order valence-electron chi connectivity index (χ1n) is 3.39. The number of rotatable bonds is 2. The van der Waals surface area contributed by atoms with Crippen LogP contribution in [0.2, 0.25) is 0 Å². The minimum Gasteiger partial charge on any atom is -0.394 e. The quantitative estimate of drug-likeness (QED) is 0.448. The van der Waals surface area contributed by atoms with Gasteiger partial charge < -0.3 is 15.3 Å². The summed E-state index contributed by atoms with van der Waals surface area (Å²) in [5, 5.41) is 26.7. The van der Waals surface area contributed by atoms with E-state index in [1.54, 1.807) is 6.08 Å². The fraction of sp³-hybridized carbons (Fsp3) is 0.714. The van der Waals surface area contributed by atoms with E-state index < -0.39 is 12.2 Å². The van der Waals surface area contributed by atoms with E-state index in [0.717, 1.165) is 0 Å². The van der Waals surface area contributed by atoms with E-state index in [1.807, 2.05) is 6.08 Å². The smallest absolute Gasteiger partial charge is 0.0829 e. The van der Waals surface area contributed by atoms with Crippen LogP contribution in [0.1, 0.15) is 6.42 Å². The summed E-state index contributed by atoms with van der Waals surface area (Å²) in [5.74, 6) is -0.204. The Morgan fingerprint density at radius 3 is 2.70 bits per heavy atom. The second-order valence-electron chi connectivity index (χ2n) is 2.57. The SMILES string of the molecule is OCC(O)[C@H]1CC=C[C@H]1O. The van der Waals surface area contributed by atoms with Crippen molar-refractivity contribution in [3.8, 4) is 0 Å². The van der Waals surface area contributed by atoms with E-state index in [-0.39, 0.29) is 12.5 Å². The topological polar surface area (TPSA) is 60.7 Å². The fourth-order valence-corrected chi connectivity index (χ4v) is 1.18. The predicted octanol–water partition coefficient (Wildman–Crippen LogP) is -0.723. The van der Waals surface area contributed by atoms with E-state index >= 15 is 0 Å². The van der Waals surface area contributed by atoms with Crippen LogP contribution in [0.15, 0.2) is 12.2 Å². The molecule has 0 fully saturated rings. The van der Waals surface area contributed by atoms with E-state index in [0.29, 0.717) is 6.42 Å². The Bertz CT molecular complexity index is 133. The van der Waals surface area contributed by atoms with Gasteiger partial charge in [-0.15, -0.1) is 0 Å².